The lowest BCUT2D eigenvalue weighted by atomic mass is 10.2. The van der Waals surface area contributed by atoms with E-state index in [2.05, 4.69) is 5.32 Å². The molecule has 1 rings (SSSR count). The molecule has 16 heavy (non-hydrogen) atoms. The number of nitrogens with one attached hydrogen (secondary N) is 1. The first kappa shape index (κ1) is 12.6. The number of hydrogen-bond donors (Lipinski definition) is 1. The number of halogens is 2. The van der Waals surface area contributed by atoms with Crippen LogP contribution < -0.4 is 5.32 Å². The fraction of sp³-hybridized carbons (Fsp3) is 0.364. The van der Waals surface area contributed by atoms with Gasteiger partial charge in [0.25, 0.3) is 5.91 Å². The quantitative estimate of drug-likeness (QED) is 0.853. The Bertz CT molecular complexity index is 382. The molecule has 0 heterocycles. The molecular formula is C11H13F2NO2. The SMILES string of the molecule is COC[C@H](C)NC(=O)c1ccc(F)cc1F. The Hall–Kier alpha value is -1.49. The fourth-order valence-electron chi connectivity index (χ4n) is 1.27. The Balaban J connectivity index is 2.73. The zero-order valence-corrected chi connectivity index (χ0v) is 9.09. The molecule has 0 saturated carbocycles. The van der Waals surface area contributed by atoms with E-state index < -0.39 is 17.5 Å². The summed E-state index contributed by atoms with van der Waals surface area (Å²) in [7, 11) is 1.50. The highest BCUT2D eigenvalue weighted by atomic mass is 19.1. The van der Waals surface area contributed by atoms with E-state index in [0.717, 1.165) is 12.1 Å². The van der Waals surface area contributed by atoms with E-state index in [0.29, 0.717) is 12.7 Å². The minimum atomic E-state index is -0.873. The Morgan fingerprint density at radius 3 is 2.75 bits per heavy atom. The van der Waals surface area contributed by atoms with Gasteiger partial charge in [0.05, 0.1) is 12.2 Å². The van der Waals surface area contributed by atoms with E-state index in [1.165, 1.54) is 7.11 Å². The van der Waals surface area contributed by atoms with Gasteiger partial charge in [-0.3, -0.25) is 4.79 Å². The molecule has 0 aliphatic heterocycles. The lowest BCUT2D eigenvalue weighted by molar-refractivity contribution is 0.0901. The van der Waals surface area contributed by atoms with Crippen LogP contribution in [0.25, 0.3) is 0 Å². The molecule has 1 N–H and O–H groups in total. The summed E-state index contributed by atoms with van der Waals surface area (Å²) in [6.07, 6.45) is 0. The van der Waals surface area contributed by atoms with Crippen LogP contribution >= 0.6 is 0 Å². The first-order chi connectivity index (χ1) is 7.54. The van der Waals surface area contributed by atoms with Crippen LogP contribution in [-0.2, 0) is 4.74 Å². The molecule has 0 aromatic heterocycles. The van der Waals surface area contributed by atoms with Crippen molar-refractivity contribution in [3.05, 3.63) is 35.4 Å². The van der Waals surface area contributed by atoms with Gasteiger partial charge in [-0.2, -0.15) is 0 Å². The zero-order chi connectivity index (χ0) is 12.1. The van der Waals surface area contributed by atoms with Crippen molar-refractivity contribution in [3.63, 3.8) is 0 Å². The highest BCUT2D eigenvalue weighted by molar-refractivity contribution is 5.94. The second-order valence-corrected chi connectivity index (χ2v) is 3.45. The van der Waals surface area contributed by atoms with Crippen LogP contribution in [0.15, 0.2) is 18.2 Å². The summed E-state index contributed by atoms with van der Waals surface area (Å²) in [5, 5.41) is 2.53. The summed E-state index contributed by atoms with van der Waals surface area (Å²) in [5.41, 5.74) is -0.177. The van der Waals surface area contributed by atoms with Crippen molar-refractivity contribution in [1.82, 2.24) is 5.32 Å². The maximum absolute atomic E-state index is 13.2. The van der Waals surface area contributed by atoms with Gasteiger partial charge in [0.1, 0.15) is 11.6 Å². The average molecular weight is 229 g/mol. The molecule has 5 heteroatoms. The van der Waals surface area contributed by atoms with Crippen molar-refractivity contribution in [2.75, 3.05) is 13.7 Å². The molecule has 3 nitrogen and oxygen atoms in total. The number of carbonyl (C=O) groups is 1. The third kappa shape index (κ3) is 3.27. The third-order valence-electron chi connectivity index (χ3n) is 1.97. The lowest BCUT2D eigenvalue weighted by Gasteiger charge is -2.12. The van der Waals surface area contributed by atoms with Crippen molar-refractivity contribution < 1.29 is 18.3 Å². The number of benzene rings is 1. The first-order valence-electron chi connectivity index (χ1n) is 4.79. The number of carbonyl (C=O) groups excluding carboxylic acids is 1. The molecule has 1 aromatic rings. The van der Waals surface area contributed by atoms with Crippen molar-refractivity contribution in [2.24, 2.45) is 0 Å². The zero-order valence-electron chi connectivity index (χ0n) is 9.09. The summed E-state index contributed by atoms with van der Waals surface area (Å²) in [6, 6.07) is 2.59. The number of methoxy groups -OCH3 is 1. The van der Waals surface area contributed by atoms with E-state index in [4.69, 9.17) is 4.74 Å². The third-order valence-corrected chi connectivity index (χ3v) is 1.97. The first-order valence-corrected chi connectivity index (χ1v) is 4.79. The fourth-order valence-corrected chi connectivity index (χ4v) is 1.27. The molecule has 0 spiro atoms. The molecule has 0 bridgehead atoms. The molecule has 0 unspecified atom stereocenters. The van der Waals surface area contributed by atoms with Gasteiger partial charge in [0.2, 0.25) is 0 Å². The van der Waals surface area contributed by atoms with Gasteiger partial charge >= 0.3 is 0 Å². The van der Waals surface area contributed by atoms with Gasteiger partial charge in [0, 0.05) is 19.2 Å². The summed E-state index contributed by atoms with van der Waals surface area (Å²) < 4.78 is 30.6. The monoisotopic (exact) mass is 229 g/mol. The predicted molar refractivity (Wildman–Crippen MR) is 55.2 cm³/mol. The highest BCUT2D eigenvalue weighted by Crippen LogP contribution is 2.09. The Kier molecular flexibility index (Phi) is 4.37. The van der Waals surface area contributed by atoms with Crippen molar-refractivity contribution in [3.8, 4) is 0 Å². The highest BCUT2D eigenvalue weighted by Gasteiger charge is 2.14. The van der Waals surface area contributed by atoms with Gasteiger partial charge in [0.15, 0.2) is 0 Å². The number of amides is 1. The molecular weight excluding hydrogens is 216 g/mol. The van der Waals surface area contributed by atoms with E-state index in [9.17, 15) is 13.6 Å². The van der Waals surface area contributed by atoms with Gasteiger partial charge in [-0.25, -0.2) is 8.78 Å². The smallest absolute Gasteiger partial charge is 0.254 e. The summed E-state index contributed by atoms with van der Waals surface area (Å²) in [4.78, 5) is 11.5. The molecule has 1 atom stereocenters. The number of rotatable bonds is 4. The number of ether oxygens (including phenoxy) is 1. The molecule has 1 amide bonds. The second kappa shape index (κ2) is 5.55. The van der Waals surface area contributed by atoms with E-state index >= 15 is 0 Å². The molecule has 1 aromatic carbocycles. The molecule has 0 saturated heterocycles. The van der Waals surface area contributed by atoms with Crippen molar-refractivity contribution in [1.29, 1.82) is 0 Å². The average Bonchev–Trinajstić information content (AvgIpc) is 2.17. The van der Waals surface area contributed by atoms with Crippen LogP contribution in [0.2, 0.25) is 0 Å². The maximum Gasteiger partial charge on any atom is 0.254 e. The largest absolute Gasteiger partial charge is 0.383 e. The second-order valence-electron chi connectivity index (χ2n) is 3.45. The van der Waals surface area contributed by atoms with Crippen LogP contribution in [0.5, 0.6) is 0 Å². The Morgan fingerprint density at radius 1 is 1.50 bits per heavy atom. The van der Waals surface area contributed by atoms with Crippen LogP contribution in [-0.4, -0.2) is 25.7 Å². The molecule has 0 fully saturated rings. The van der Waals surface area contributed by atoms with Crippen molar-refractivity contribution >= 4 is 5.91 Å². The molecule has 0 radical (unpaired) electrons. The van der Waals surface area contributed by atoms with Gasteiger partial charge < -0.3 is 10.1 Å². The van der Waals surface area contributed by atoms with Gasteiger partial charge in [-0.15, -0.1) is 0 Å². The predicted octanol–water partition coefficient (Wildman–Crippen LogP) is 1.73. The Labute approximate surface area is 92.4 Å². The van der Waals surface area contributed by atoms with Crippen LogP contribution in [0.3, 0.4) is 0 Å². The van der Waals surface area contributed by atoms with Crippen LogP contribution in [0, 0.1) is 11.6 Å². The van der Waals surface area contributed by atoms with Gasteiger partial charge in [-0.05, 0) is 19.1 Å². The van der Waals surface area contributed by atoms with E-state index in [-0.39, 0.29) is 11.6 Å². The molecule has 0 aliphatic carbocycles. The van der Waals surface area contributed by atoms with Crippen LogP contribution in [0.1, 0.15) is 17.3 Å². The summed E-state index contributed by atoms with van der Waals surface area (Å²) in [5.74, 6) is -2.16. The van der Waals surface area contributed by atoms with Gasteiger partial charge in [-0.1, -0.05) is 0 Å². The molecule has 88 valence electrons. The van der Waals surface area contributed by atoms with E-state index in [1.54, 1.807) is 6.92 Å². The van der Waals surface area contributed by atoms with Crippen LogP contribution in [0.4, 0.5) is 8.78 Å². The maximum atomic E-state index is 13.2. The normalized spacial score (nSPS) is 12.2. The minimum Gasteiger partial charge on any atom is -0.383 e. The lowest BCUT2D eigenvalue weighted by Crippen LogP contribution is -2.36. The topological polar surface area (TPSA) is 38.3 Å². The van der Waals surface area contributed by atoms with Crippen molar-refractivity contribution in [2.45, 2.75) is 13.0 Å². The summed E-state index contributed by atoms with van der Waals surface area (Å²) >= 11 is 0. The minimum absolute atomic E-state index is 0.177. The number of hydrogen-bond acceptors (Lipinski definition) is 2. The summed E-state index contributed by atoms with van der Waals surface area (Å²) in [6.45, 7) is 2.05. The molecule has 0 aliphatic rings. The standard InChI is InChI=1S/C11H13F2NO2/c1-7(6-16-2)14-11(15)9-4-3-8(12)5-10(9)13/h3-5,7H,6H2,1-2H3,(H,14,15)/t7-/m0/s1. The van der Waals surface area contributed by atoms with E-state index in [1.807, 2.05) is 0 Å². The Morgan fingerprint density at radius 2 is 2.19 bits per heavy atom.